The number of ether oxygens (including phenoxy) is 1. The first kappa shape index (κ1) is 20.0. The van der Waals surface area contributed by atoms with Crippen LogP contribution >= 0.6 is 0 Å². The Bertz CT molecular complexity index is 855. The van der Waals surface area contributed by atoms with E-state index >= 15 is 0 Å². The molecule has 0 bridgehead atoms. The maximum atomic E-state index is 12.6. The summed E-state index contributed by atoms with van der Waals surface area (Å²) in [7, 11) is 1.41. The van der Waals surface area contributed by atoms with Crippen LogP contribution in [-0.2, 0) is 11.0 Å². The largest absolute Gasteiger partial charge is 0.472 e. The summed E-state index contributed by atoms with van der Waals surface area (Å²) in [5.41, 5.74) is -0.0396. The molecule has 10 heteroatoms. The van der Waals surface area contributed by atoms with E-state index < -0.39 is 17.6 Å². The number of hydrogen-bond acceptors (Lipinski definition) is 5. The lowest BCUT2D eigenvalue weighted by Crippen LogP contribution is -2.28. The second-order valence-corrected chi connectivity index (χ2v) is 5.37. The summed E-state index contributed by atoms with van der Waals surface area (Å²) in [5, 5.41) is 18.3. The zero-order valence-corrected chi connectivity index (χ0v) is 14.5. The highest BCUT2D eigenvalue weighted by Gasteiger charge is 2.30. The van der Waals surface area contributed by atoms with Gasteiger partial charge in [-0.1, -0.05) is 5.16 Å². The van der Waals surface area contributed by atoms with Crippen LogP contribution in [0.2, 0.25) is 0 Å². The molecule has 1 amide bonds. The highest BCUT2D eigenvalue weighted by molar-refractivity contribution is 6.44. The second kappa shape index (κ2) is 8.39. The number of oxime groups is 1. The number of amides is 1. The fourth-order valence-electron chi connectivity index (χ4n) is 2.10. The molecule has 0 saturated heterocycles. The molecular weight excluding hydrogens is 365 g/mol. The first-order valence-corrected chi connectivity index (χ1v) is 7.73. The third kappa shape index (κ3) is 5.09. The first-order valence-electron chi connectivity index (χ1n) is 7.73. The molecule has 1 aromatic heterocycles. The van der Waals surface area contributed by atoms with E-state index in [1.54, 1.807) is 19.2 Å². The molecule has 0 aliphatic heterocycles. The summed E-state index contributed by atoms with van der Waals surface area (Å²) in [6.45, 7) is 1.63. The van der Waals surface area contributed by atoms with Crippen LogP contribution in [0, 0.1) is 0 Å². The van der Waals surface area contributed by atoms with E-state index in [1.807, 2.05) is 0 Å². The normalized spacial score (nSPS) is 12.8. The van der Waals surface area contributed by atoms with E-state index in [1.165, 1.54) is 29.9 Å². The van der Waals surface area contributed by atoms with Crippen molar-refractivity contribution >= 4 is 11.6 Å². The zero-order valence-electron chi connectivity index (χ0n) is 14.5. The second-order valence-electron chi connectivity index (χ2n) is 5.37. The van der Waals surface area contributed by atoms with E-state index in [-0.39, 0.29) is 18.2 Å². The standard InChI is InChI=1S/C17H17F3N4O3/c1-11(15(23-26)16(25)21-2)8-10-27-14-7-9-24(22-14)13-5-3-12(4-6-13)17(18,19)20/h3-9,26H,10H2,1-2H3,(H,21,25). The van der Waals surface area contributed by atoms with Crippen LogP contribution in [0.1, 0.15) is 12.5 Å². The quantitative estimate of drug-likeness (QED) is 0.457. The fourth-order valence-corrected chi connectivity index (χ4v) is 2.10. The third-order valence-electron chi connectivity index (χ3n) is 3.56. The summed E-state index contributed by atoms with van der Waals surface area (Å²) in [4.78, 5) is 11.5. The van der Waals surface area contributed by atoms with Crippen molar-refractivity contribution in [3.8, 4) is 11.6 Å². The average Bonchev–Trinajstić information content (AvgIpc) is 3.10. The van der Waals surface area contributed by atoms with E-state index in [9.17, 15) is 18.0 Å². The number of carbonyl (C=O) groups excluding carboxylic acids is 1. The molecule has 144 valence electrons. The fraction of sp³-hybridized carbons (Fsp3) is 0.235. The average molecular weight is 382 g/mol. The van der Waals surface area contributed by atoms with Crippen molar-refractivity contribution in [2.24, 2.45) is 5.16 Å². The number of nitrogens with zero attached hydrogens (tertiary/aromatic N) is 3. The Balaban J connectivity index is 2.02. The van der Waals surface area contributed by atoms with Crippen LogP contribution < -0.4 is 10.1 Å². The molecule has 0 fully saturated rings. The molecule has 2 N–H and O–H groups in total. The van der Waals surface area contributed by atoms with Gasteiger partial charge in [0.15, 0.2) is 5.71 Å². The summed E-state index contributed by atoms with van der Waals surface area (Å²) in [5.74, 6) is -0.306. The van der Waals surface area contributed by atoms with Crippen LogP contribution in [0.4, 0.5) is 13.2 Å². The molecule has 2 aromatic rings. The van der Waals surface area contributed by atoms with Crippen molar-refractivity contribution in [2.45, 2.75) is 13.1 Å². The van der Waals surface area contributed by atoms with E-state index in [4.69, 9.17) is 9.94 Å². The van der Waals surface area contributed by atoms with Crippen molar-refractivity contribution in [1.82, 2.24) is 15.1 Å². The minimum atomic E-state index is -4.40. The molecule has 27 heavy (non-hydrogen) atoms. The zero-order chi connectivity index (χ0) is 20.0. The van der Waals surface area contributed by atoms with Gasteiger partial charge >= 0.3 is 6.18 Å². The number of nitrogens with one attached hydrogen (secondary N) is 1. The van der Waals surface area contributed by atoms with Crippen molar-refractivity contribution < 1.29 is 27.9 Å². The van der Waals surface area contributed by atoms with Crippen LogP contribution in [0.3, 0.4) is 0 Å². The summed E-state index contributed by atoms with van der Waals surface area (Å²) in [6, 6.07) is 6.09. The summed E-state index contributed by atoms with van der Waals surface area (Å²) >= 11 is 0. The third-order valence-corrected chi connectivity index (χ3v) is 3.56. The lowest BCUT2D eigenvalue weighted by molar-refractivity contribution is -0.137. The van der Waals surface area contributed by atoms with E-state index in [0.29, 0.717) is 11.3 Å². The molecule has 1 heterocycles. The molecule has 7 nitrogen and oxygen atoms in total. The minimum absolute atomic E-state index is 0.0475. The van der Waals surface area contributed by atoms with Gasteiger partial charge in [-0.25, -0.2) is 4.68 Å². The molecule has 0 unspecified atom stereocenters. The van der Waals surface area contributed by atoms with Gasteiger partial charge in [0.05, 0.1) is 11.3 Å². The smallest absolute Gasteiger partial charge is 0.416 e. The van der Waals surface area contributed by atoms with Gasteiger partial charge in [-0.15, -0.1) is 5.10 Å². The Hall–Kier alpha value is -3.30. The number of carbonyl (C=O) groups is 1. The van der Waals surface area contributed by atoms with Crippen LogP contribution in [0.25, 0.3) is 5.69 Å². The Morgan fingerprint density at radius 2 is 2.00 bits per heavy atom. The number of hydrogen-bond donors (Lipinski definition) is 2. The summed E-state index contributed by atoms with van der Waals surface area (Å²) in [6.07, 6.45) is -1.33. The van der Waals surface area contributed by atoms with E-state index in [2.05, 4.69) is 15.6 Å². The van der Waals surface area contributed by atoms with Crippen LogP contribution in [-0.4, -0.2) is 40.3 Å². The maximum absolute atomic E-state index is 12.6. The predicted octanol–water partition coefficient (Wildman–Crippen LogP) is 2.79. The molecule has 0 atom stereocenters. The Labute approximate surface area is 152 Å². The highest BCUT2D eigenvalue weighted by Crippen LogP contribution is 2.29. The number of rotatable bonds is 6. The van der Waals surface area contributed by atoms with Gasteiger partial charge in [-0.2, -0.15) is 13.2 Å². The highest BCUT2D eigenvalue weighted by atomic mass is 19.4. The molecule has 0 radical (unpaired) electrons. The van der Waals surface area contributed by atoms with Crippen molar-refractivity contribution in [3.05, 3.63) is 53.7 Å². The van der Waals surface area contributed by atoms with Crippen molar-refractivity contribution in [2.75, 3.05) is 13.7 Å². The lowest BCUT2D eigenvalue weighted by atomic mass is 10.1. The van der Waals surface area contributed by atoms with E-state index in [0.717, 1.165) is 12.1 Å². The van der Waals surface area contributed by atoms with Gasteiger partial charge in [-0.05, 0) is 42.8 Å². The lowest BCUT2D eigenvalue weighted by Gasteiger charge is -2.07. The molecule has 1 aromatic carbocycles. The van der Waals surface area contributed by atoms with Gasteiger partial charge in [0, 0.05) is 19.3 Å². The number of halogens is 3. The molecule has 2 rings (SSSR count). The topological polar surface area (TPSA) is 88.7 Å². The first-order chi connectivity index (χ1) is 12.8. The Kier molecular flexibility index (Phi) is 6.22. The number of aromatic nitrogens is 2. The Morgan fingerprint density at radius 3 is 2.56 bits per heavy atom. The van der Waals surface area contributed by atoms with Crippen molar-refractivity contribution in [1.29, 1.82) is 0 Å². The number of alkyl halides is 3. The van der Waals surface area contributed by atoms with Gasteiger partial charge in [-0.3, -0.25) is 4.79 Å². The SMILES string of the molecule is CNC(=O)C(=NO)C(C)=CCOc1ccn(-c2ccc(C(F)(F)F)cc2)n1. The predicted molar refractivity (Wildman–Crippen MR) is 91.1 cm³/mol. The summed E-state index contributed by atoms with van der Waals surface area (Å²) < 4.78 is 44.5. The maximum Gasteiger partial charge on any atom is 0.416 e. The monoisotopic (exact) mass is 382 g/mol. The van der Waals surface area contributed by atoms with Gasteiger partial charge in [0.25, 0.3) is 5.91 Å². The number of benzene rings is 1. The molecule has 0 saturated carbocycles. The van der Waals surface area contributed by atoms with Gasteiger partial charge in [0.1, 0.15) is 6.61 Å². The van der Waals surface area contributed by atoms with Crippen LogP contribution in [0.5, 0.6) is 5.88 Å². The Morgan fingerprint density at radius 1 is 1.33 bits per heavy atom. The molecule has 0 aliphatic carbocycles. The molecule has 0 spiro atoms. The van der Waals surface area contributed by atoms with Crippen LogP contribution in [0.15, 0.2) is 53.3 Å². The molecule has 0 aliphatic rings. The minimum Gasteiger partial charge on any atom is -0.472 e. The van der Waals surface area contributed by atoms with Crippen molar-refractivity contribution in [3.63, 3.8) is 0 Å². The molecular formula is C17H17F3N4O3. The van der Waals surface area contributed by atoms with Gasteiger partial charge < -0.3 is 15.3 Å². The van der Waals surface area contributed by atoms with Gasteiger partial charge in [0.2, 0.25) is 5.88 Å².